The van der Waals surface area contributed by atoms with Crippen molar-refractivity contribution in [3.05, 3.63) is 47.5 Å². The minimum atomic E-state index is -0.135. The second-order valence-corrected chi connectivity index (χ2v) is 7.68. The number of phenols is 1. The summed E-state index contributed by atoms with van der Waals surface area (Å²) in [7, 11) is 6.52. The van der Waals surface area contributed by atoms with Gasteiger partial charge in [0.1, 0.15) is 5.75 Å². The van der Waals surface area contributed by atoms with Gasteiger partial charge in [0.15, 0.2) is 11.5 Å². The van der Waals surface area contributed by atoms with Gasteiger partial charge in [0.25, 0.3) is 0 Å². The molecule has 0 spiro atoms. The number of hydrogen-bond acceptors (Lipinski definition) is 5. The molecule has 0 aliphatic carbocycles. The Balaban J connectivity index is 1.76. The van der Waals surface area contributed by atoms with Crippen molar-refractivity contribution in [1.29, 1.82) is 0 Å². The fourth-order valence-electron chi connectivity index (χ4n) is 3.58. The molecule has 0 unspecified atom stereocenters. The lowest BCUT2D eigenvalue weighted by Crippen LogP contribution is -2.49. The Morgan fingerprint density at radius 1 is 1.06 bits per heavy atom. The molecule has 31 heavy (non-hydrogen) atoms. The van der Waals surface area contributed by atoms with Crippen molar-refractivity contribution < 1.29 is 24.2 Å². The predicted octanol–water partition coefficient (Wildman–Crippen LogP) is 2.87. The van der Waals surface area contributed by atoms with Gasteiger partial charge in [-0.2, -0.15) is 0 Å². The quantitative estimate of drug-likeness (QED) is 0.735. The molecule has 1 fully saturated rings. The molecule has 1 aliphatic rings. The van der Waals surface area contributed by atoms with Crippen molar-refractivity contribution in [2.75, 3.05) is 46.3 Å². The monoisotopic (exact) mass is 427 g/mol. The molecular formula is C23H29N3O5. The summed E-state index contributed by atoms with van der Waals surface area (Å²) in [5, 5.41) is 10.1. The molecule has 2 aromatic rings. The first-order valence-electron chi connectivity index (χ1n) is 10.1. The number of benzene rings is 2. The van der Waals surface area contributed by atoms with Crippen molar-refractivity contribution in [3.8, 4) is 17.2 Å². The van der Waals surface area contributed by atoms with Gasteiger partial charge in [-0.3, -0.25) is 9.69 Å². The van der Waals surface area contributed by atoms with Crippen molar-refractivity contribution in [3.63, 3.8) is 0 Å². The van der Waals surface area contributed by atoms with Crippen LogP contribution in [0.25, 0.3) is 0 Å². The SMILES string of the molecule is COc1ccc(N2CCCN(Cc3ccc(CC(=O)N(C)C)cc3OC)C2=O)cc1O. The van der Waals surface area contributed by atoms with E-state index in [0.717, 1.165) is 17.5 Å². The predicted molar refractivity (Wildman–Crippen MR) is 118 cm³/mol. The number of carbonyl (C=O) groups excluding carboxylic acids is 2. The first kappa shape index (κ1) is 22.3. The fraction of sp³-hybridized carbons (Fsp3) is 0.391. The zero-order valence-corrected chi connectivity index (χ0v) is 18.4. The summed E-state index contributed by atoms with van der Waals surface area (Å²) in [6.07, 6.45) is 1.09. The van der Waals surface area contributed by atoms with Gasteiger partial charge in [0.2, 0.25) is 5.91 Å². The Morgan fingerprint density at radius 2 is 1.81 bits per heavy atom. The van der Waals surface area contributed by atoms with Crippen molar-refractivity contribution in [1.82, 2.24) is 9.80 Å². The van der Waals surface area contributed by atoms with E-state index in [1.807, 2.05) is 18.2 Å². The van der Waals surface area contributed by atoms with E-state index >= 15 is 0 Å². The smallest absolute Gasteiger partial charge is 0.324 e. The first-order chi connectivity index (χ1) is 14.8. The molecule has 0 aromatic heterocycles. The van der Waals surface area contributed by atoms with Crippen molar-refractivity contribution >= 4 is 17.6 Å². The van der Waals surface area contributed by atoms with Gasteiger partial charge in [-0.25, -0.2) is 4.79 Å². The number of carbonyl (C=O) groups is 2. The molecule has 166 valence electrons. The standard InChI is InChI=1S/C23H29N3O5/c1-24(2)22(28)13-16-6-7-17(21(12-16)31-4)15-25-10-5-11-26(23(25)29)18-8-9-20(30-3)19(27)14-18/h6-9,12,14,27H,5,10-11,13,15H2,1-4H3. The van der Waals surface area contributed by atoms with Crippen molar-refractivity contribution in [2.24, 2.45) is 0 Å². The van der Waals surface area contributed by atoms with Crippen LogP contribution in [0.2, 0.25) is 0 Å². The van der Waals surface area contributed by atoms with E-state index in [9.17, 15) is 14.7 Å². The summed E-state index contributed by atoms with van der Waals surface area (Å²) in [5.41, 5.74) is 2.36. The molecule has 0 bridgehead atoms. The number of urea groups is 1. The van der Waals surface area contributed by atoms with Gasteiger partial charge >= 0.3 is 6.03 Å². The third-order valence-electron chi connectivity index (χ3n) is 5.35. The number of phenolic OH excluding ortho intramolecular Hbond substituents is 1. The summed E-state index contributed by atoms with van der Waals surface area (Å²) in [6, 6.07) is 10.5. The summed E-state index contributed by atoms with van der Waals surface area (Å²) in [4.78, 5) is 30.1. The minimum Gasteiger partial charge on any atom is -0.504 e. The van der Waals surface area contributed by atoms with E-state index in [0.29, 0.717) is 43.2 Å². The van der Waals surface area contributed by atoms with Gasteiger partial charge in [-0.05, 0) is 30.2 Å². The molecule has 1 N–H and O–H groups in total. The summed E-state index contributed by atoms with van der Waals surface area (Å²) in [5.74, 6) is 1.02. The van der Waals surface area contributed by atoms with Crippen LogP contribution in [0.4, 0.5) is 10.5 Å². The minimum absolute atomic E-state index is 0.00514. The van der Waals surface area contributed by atoms with Crippen molar-refractivity contribution in [2.45, 2.75) is 19.4 Å². The topological polar surface area (TPSA) is 82.5 Å². The molecule has 0 atom stereocenters. The fourth-order valence-corrected chi connectivity index (χ4v) is 3.58. The lowest BCUT2D eigenvalue weighted by molar-refractivity contribution is -0.127. The van der Waals surface area contributed by atoms with E-state index in [1.54, 1.807) is 48.0 Å². The Kier molecular flexibility index (Phi) is 6.89. The average molecular weight is 428 g/mol. The number of likely N-dealkylation sites (N-methyl/N-ethyl adjacent to an activating group) is 1. The Bertz CT molecular complexity index is 960. The highest BCUT2D eigenvalue weighted by Crippen LogP contribution is 2.32. The van der Waals surface area contributed by atoms with E-state index in [4.69, 9.17) is 9.47 Å². The lowest BCUT2D eigenvalue weighted by atomic mass is 10.1. The zero-order valence-electron chi connectivity index (χ0n) is 18.4. The molecule has 2 aromatic carbocycles. The van der Waals surface area contributed by atoms with Crippen LogP contribution < -0.4 is 14.4 Å². The highest BCUT2D eigenvalue weighted by Gasteiger charge is 2.28. The Hall–Kier alpha value is -3.42. The normalized spacial score (nSPS) is 13.9. The van der Waals surface area contributed by atoms with Crippen LogP contribution in [-0.2, 0) is 17.8 Å². The van der Waals surface area contributed by atoms with Crippen LogP contribution in [0, 0.1) is 0 Å². The second-order valence-electron chi connectivity index (χ2n) is 7.68. The highest BCUT2D eigenvalue weighted by molar-refractivity contribution is 5.93. The van der Waals surface area contributed by atoms with Crippen LogP contribution in [0.1, 0.15) is 17.5 Å². The maximum Gasteiger partial charge on any atom is 0.324 e. The maximum atomic E-state index is 13.1. The first-order valence-corrected chi connectivity index (χ1v) is 10.1. The number of amides is 3. The number of rotatable bonds is 7. The Labute approximate surface area is 182 Å². The highest BCUT2D eigenvalue weighted by atomic mass is 16.5. The molecule has 8 nitrogen and oxygen atoms in total. The third kappa shape index (κ3) is 5.02. The van der Waals surface area contributed by atoms with Gasteiger partial charge in [0.05, 0.1) is 27.2 Å². The number of aromatic hydroxyl groups is 1. The van der Waals surface area contributed by atoms with E-state index < -0.39 is 0 Å². The molecule has 3 rings (SSSR count). The molecule has 8 heteroatoms. The average Bonchev–Trinajstić information content (AvgIpc) is 2.75. The summed E-state index contributed by atoms with van der Waals surface area (Å²) in [6.45, 7) is 1.59. The molecule has 1 heterocycles. The van der Waals surface area contributed by atoms with Gasteiger partial charge in [0, 0.05) is 44.5 Å². The lowest BCUT2D eigenvalue weighted by Gasteiger charge is -2.36. The number of nitrogens with zero attached hydrogens (tertiary/aromatic N) is 3. The van der Waals surface area contributed by atoms with E-state index in [-0.39, 0.29) is 17.7 Å². The largest absolute Gasteiger partial charge is 0.504 e. The van der Waals surface area contributed by atoms with Crippen LogP contribution in [0.5, 0.6) is 17.2 Å². The van der Waals surface area contributed by atoms with Crippen LogP contribution in [0.15, 0.2) is 36.4 Å². The van der Waals surface area contributed by atoms with Gasteiger partial charge in [-0.1, -0.05) is 12.1 Å². The van der Waals surface area contributed by atoms with Crippen LogP contribution in [0.3, 0.4) is 0 Å². The number of methoxy groups -OCH3 is 2. The summed E-state index contributed by atoms with van der Waals surface area (Å²) >= 11 is 0. The number of anilines is 1. The van der Waals surface area contributed by atoms with Gasteiger partial charge in [-0.15, -0.1) is 0 Å². The molecule has 1 aliphatic heterocycles. The number of hydrogen-bond donors (Lipinski definition) is 1. The molecule has 0 saturated carbocycles. The van der Waals surface area contributed by atoms with E-state index in [2.05, 4.69) is 0 Å². The number of ether oxygens (including phenoxy) is 2. The van der Waals surface area contributed by atoms with E-state index in [1.165, 1.54) is 13.2 Å². The van der Waals surface area contributed by atoms with Crippen LogP contribution >= 0.6 is 0 Å². The summed E-state index contributed by atoms with van der Waals surface area (Å²) < 4.78 is 10.6. The molecule has 1 saturated heterocycles. The third-order valence-corrected chi connectivity index (χ3v) is 5.35. The maximum absolute atomic E-state index is 13.1. The van der Waals surface area contributed by atoms with Gasteiger partial charge < -0.3 is 24.4 Å². The van der Waals surface area contributed by atoms with Crippen LogP contribution in [-0.4, -0.2) is 68.2 Å². The zero-order chi connectivity index (χ0) is 22.5. The molecule has 0 radical (unpaired) electrons. The molecule has 3 amide bonds. The second kappa shape index (κ2) is 9.59. The molecular weight excluding hydrogens is 398 g/mol. The Morgan fingerprint density at radius 3 is 2.45 bits per heavy atom.